The highest BCUT2D eigenvalue weighted by Gasteiger charge is 2.46. The van der Waals surface area contributed by atoms with Crippen molar-refractivity contribution in [3.8, 4) is 0 Å². The van der Waals surface area contributed by atoms with Gasteiger partial charge in [-0.05, 0) is 62.6 Å². The summed E-state index contributed by atoms with van der Waals surface area (Å²) in [6.07, 6.45) is 5.25. The van der Waals surface area contributed by atoms with Crippen molar-refractivity contribution in [1.29, 1.82) is 0 Å². The van der Waals surface area contributed by atoms with Crippen LogP contribution in [-0.2, 0) is 6.42 Å². The minimum Gasteiger partial charge on any atom is -0.314 e. The highest BCUT2D eigenvalue weighted by atomic mass is 14.9. The SMILES string of the molecule is CCCNC(C)C1(Cc2ccccc2C)CC1. The summed E-state index contributed by atoms with van der Waals surface area (Å²) in [6, 6.07) is 9.49. The molecule has 17 heavy (non-hydrogen) atoms. The number of hydrogen-bond acceptors (Lipinski definition) is 1. The van der Waals surface area contributed by atoms with Crippen molar-refractivity contribution < 1.29 is 0 Å². The Kier molecular flexibility index (Phi) is 3.88. The Morgan fingerprint density at radius 3 is 2.59 bits per heavy atom. The lowest BCUT2D eigenvalue weighted by Gasteiger charge is -2.25. The van der Waals surface area contributed by atoms with E-state index in [4.69, 9.17) is 0 Å². The van der Waals surface area contributed by atoms with Crippen LogP contribution >= 0.6 is 0 Å². The van der Waals surface area contributed by atoms with Crippen LogP contribution in [0.15, 0.2) is 24.3 Å². The zero-order chi connectivity index (χ0) is 12.3. The largest absolute Gasteiger partial charge is 0.314 e. The molecule has 1 heteroatoms. The molecule has 1 unspecified atom stereocenters. The van der Waals surface area contributed by atoms with E-state index in [1.165, 1.54) is 36.8 Å². The summed E-state index contributed by atoms with van der Waals surface area (Å²) in [4.78, 5) is 0. The molecule has 94 valence electrons. The van der Waals surface area contributed by atoms with Crippen LogP contribution in [0.2, 0.25) is 0 Å². The third kappa shape index (κ3) is 2.90. The van der Waals surface area contributed by atoms with Crippen molar-refractivity contribution in [3.63, 3.8) is 0 Å². The van der Waals surface area contributed by atoms with Crippen molar-refractivity contribution in [2.75, 3.05) is 6.54 Å². The zero-order valence-electron chi connectivity index (χ0n) is 11.4. The van der Waals surface area contributed by atoms with E-state index in [-0.39, 0.29) is 0 Å². The summed E-state index contributed by atoms with van der Waals surface area (Å²) in [6.45, 7) is 7.98. The molecule has 0 bridgehead atoms. The van der Waals surface area contributed by atoms with Crippen LogP contribution in [0.1, 0.15) is 44.2 Å². The monoisotopic (exact) mass is 231 g/mol. The third-order valence-corrected chi connectivity index (χ3v) is 4.32. The molecule has 1 aliphatic rings. The molecule has 0 aromatic heterocycles. The predicted molar refractivity (Wildman–Crippen MR) is 74.3 cm³/mol. The first kappa shape index (κ1) is 12.6. The van der Waals surface area contributed by atoms with E-state index in [0.29, 0.717) is 11.5 Å². The fourth-order valence-corrected chi connectivity index (χ4v) is 2.69. The molecule has 1 fully saturated rings. The molecule has 1 atom stereocenters. The first-order valence-corrected chi connectivity index (χ1v) is 6.96. The minimum atomic E-state index is 0.543. The Balaban J connectivity index is 2.00. The third-order valence-electron chi connectivity index (χ3n) is 4.32. The lowest BCUT2D eigenvalue weighted by atomic mass is 9.88. The molecule has 1 aromatic rings. The van der Waals surface area contributed by atoms with Gasteiger partial charge in [0.1, 0.15) is 0 Å². The Hall–Kier alpha value is -0.820. The summed E-state index contributed by atoms with van der Waals surface area (Å²) >= 11 is 0. The highest BCUT2D eigenvalue weighted by Crippen LogP contribution is 2.51. The normalized spacial score (nSPS) is 19.0. The lowest BCUT2D eigenvalue weighted by Crippen LogP contribution is -2.36. The van der Waals surface area contributed by atoms with Gasteiger partial charge in [0.2, 0.25) is 0 Å². The van der Waals surface area contributed by atoms with Gasteiger partial charge in [0.05, 0.1) is 0 Å². The van der Waals surface area contributed by atoms with Gasteiger partial charge in [0.15, 0.2) is 0 Å². The summed E-state index contributed by atoms with van der Waals surface area (Å²) in [5, 5.41) is 3.67. The van der Waals surface area contributed by atoms with Crippen LogP contribution in [0.5, 0.6) is 0 Å². The van der Waals surface area contributed by atoms with E-state index in [1.807, 2.05) is 0 Å². The molecule has 0 heterocycles. The van der Waals surface area contributed by atoms with Crippen LogP contribution in [0.3, 0.4) is 0 Å². The summed E-state index contributed by atoms with van der Waals surface area (Å²) in [5.41, 5.74) is 3.53. The second-order valence-electron chi connectivity index (χ2n) is 5.64. The second kappa shape index (κ2) is 5.22. The van der Waals surface area contributed by atoms with E-state index >= 15 is 0 Å². The minimum absolute atomic E-state index is 0.543. The molecule has 1 aromatic carbocycles. The molecular weight excluding hydrogens is 206 g/mol. The fraction of sp³-hybridized carbons (Fsp3) is 0.625. The van der Waals surface area contributed by atoms with Gasteiger partial charge in [-0.15, -0.1) is 0 Å². The second-order valence-corrected chi connectivity index (χ2v) is 5.64. The molecule has 0 saturated heterocycles. The summed E-state index contributed by atoms with van der Waals surface area (Å²) < 4.78 is 0. The van der Waals surface area contributed by atoms with Crippen molar-refractivity contribution in [1.82, 2.24) is 5.32 Å². The van der Waals surface area contributed by atoms with Gasteiger partial charge in [-0.25, -0.2) is 0 Å². The topological polar surface area (TPSA) is 12.0 Å². The number of aryl methyl sites for hydroxylation is 1. The quantitative estimate of drug-likeness (QED) is 0.787. The Labute approximate surface area is 106 Å². The van der Waals surface area contributed by atoms with Gasteiger partial charge in [0.25, 0.3) is 0 Å². The lowest BCUT2D eigenvalue weighted by molar-refractivity contribution is 0.350. The molecule has 0 amide bonds. The van der Waals surface area contributed by atoms with Crippen LogP contribution in [0.4, 0.5) is 0 Å². The number of hydrogen-bond donors (Lipinski definition) is 1. The van der Waals surface area contributed by atoms with Crippen LogP contribution in [0, 0.1) is 12.3 Å². The van der Waals surface area contributed by atoms with Crippen LogP contribution in [0.25, 0.3) is 0 Å². The Morgan fingerprint density at radius 1 is 1.29 bits per heavy atom. The zero-order valence-corrected chi connectivity index (χ0v) is 11.4. The first-order valence-electron chi connectivity index (χ1n) is 6.96. The molecule has 1 nitrogen and oxygen atoms in total. The fourth-order valence-electron chi connectivity index (χ4n) is 2.69. The molecule has 1 N–H and O–H groups in total. The van der Waals surface area contributed by atoms with Crippen molar-refractivity contribution >= 4 is 0 Å². The van der Waals surface area contributed by atoms with Crippen molar-refractivity contribution in [2.24, 2.45) is 5.41 Å². The van der Waals surface area contributed by atoms with Crippen LogP contribution in [-0.4, -0.2) is 12.6 Å². The van der Waals surface area contributed by atoms with Crippen LogP contribution < -0.4 is 5.32 Å². The first-order chi connectivity index (χ1) is 8.18. The van der Waals surface area contributed by atoms with E-state index < -0.39 is 0 Å². The van der Waals surface area contributed by atoms with Crippen molar-refractivity contribution in [3.05, 3.63) is 35.4 Å². The molecule has 0 spiro atoms. The average Bonchev–Trinajstić information content (AvgIpc) is 3.10. The molecule has 0 radical (unpaired) electrons. The maximum absolute atomic E-state index is 3.67. The highest BCUT2D eigenvalue weighted by molar-refractivity contribution is 5.28. The number of rotatable bonds is 6. The van der Waals surface area contributed by atoms with Gasteiger partial charge in [0, 0.05) is 6.04 Å². The van der Waals surface area contributed by atoms with Gasteiger partial charge in [-0.1, -0.05) is 31.2 Å². The molecular formula is C16H25N. The van der Waals surface area contributed by atoms with Gasteiger partial charge < -0.3 is 5.32 Å². The molecule has 1 aliphatic carbocycles. The van der Waals surface area contributed by atoms with Gasteiger partial charge in [-0.3, -0.25) is 0 Å². The van der Waals surface area contributed by atoms with Crippen molar-refractivity contribution in [2.45, 2.75) is 52.5 Å². The maximum Gasteiger partial charge on any atom is 0.00983 e. The van der Waals surface area contributed by atoms with E-state index in [2.05, 4.69) is 50.4 Å². The standard InChI is InChI=1S/C16H25N/c1-4-11-17-14(3)16(9-10-16)12-15-8-6-5-7-13(15)2/h5-8,14,17H,4,9-12H2,1-3H3. The maximum atomic E-state index is 3.67. The Bertz CT molecular complexity index is 366. The van der Waals surface area contributed by atoms with E-state index in [1.54, 1.807) is 0 Å². The molecule has 2 rings (SSSR count). The predicted octanol–water partition coefficient (Wildman–Crippen LogP) is 3.71. The smallest absolute Gasteiger partial charge is 0.00983 e. The van der Waals surface area contributed by atoms with E-state index in [0.717, 1.165) is 6.54 Å². The average molecular weight is 231 g/mol. The number of benzene rings is 1. The molecule has 0 aliphatic heterocycles. The summed E-state index contributed by atoms with van der Waals surface area (Å²) in [7, 11) is 0. The number of nitrogens with one attached hydrogen (secondary N) is 1. The molecule has 1 saturated carbocycles. The Morgan fingerprint density at radius 2 is 2.00 bits per heavy atom. The van der Waals surface area contributed by atoms with Gasteiger partial charge in [-0.2, -0.15) is 0 Å². The summed E-state index contributed by atoms with van der Waals surface area (Å²) in [5.74, 6) is 0. The van der Waals surface area contributed by atoms with E-state index in [9.17, 15) is 0 Å². The van der Waals surface area contributed by atoms with Gasteiger partial charge >= 0.3 is 0 Å².